The molecule has 0 aliphatic rings. The Labute approximate surface area is 103 Å². The van der Waals surface area contributed by atoms with Crippen LogP contribution >= 0.6 is 0 Å². The Hall–Kier alpha value is -1.58. The van der Waals surface area contributed by atoms with Crippen LogP contribution in [0.2, 0.25) is 0 Å². The Morgan fingerprint density at radius 2 is 1.88 bits per heavy atom. The number of halogens is 1. The third kappa shape index (κ3) is 7.33. The molecular weight excluding hydrogens is 221 g/mol. The monoisotopic (exact) mass is 243 g/mol. The summed E-state index contributed by atoms with van der Waals surface area (Å²) in [4.78, 5) is 11.2. The fourth-order valence-electron chi connectivity index (χ4n) is 0.930. The molecule has 1 aromatic carbocycles. The predicted molar refractivity (Wildman–Crippen MR) is 69.7 cm³/mol. The molecule has 0 heterocycles. The molecule has 0 saturated heterocycles. The van der Waals surface area contributed by atoms with Gasteiger partial charge in [0, 0.05) is 7.11 Å². The van der Waals surface area contributed by atoms with Crippen LogP contribution in [0.1, 0.15) is 29.1 Å². The van der Waals surface area contributed by atoms with E-state index < -0.39 is 6.09 Å². The zero-order chi connectivity index (χ0) is 13.3. The number of amides is 1. The van der Waals surface area contributed by atoms with Gasteiger partial charge in [0.15, 0.2) is 0 Å². The Balaban J connectivity index is 0. The van der Waals surface area contributed by atoms with E-state index in [1.165, 1.54) is 24.3 Å². The minimum absolute atomic E-state index is 0. The number of nitrogens with one attached hydrogen (secondary N) is 1. The van der Waals surface area contributed by atoms with Gasteiger partial charge in [0.2, 0.25) is 0 Å². The molecule has 1 N–H and O–H groups in total. The lowest BCUT2D eigenvalue weighted by Crippen LogP contribution is -2.16. The van der Waals surface area contributed by atoms with E-state index in [2.05, 4.69) is 5.32 Å². The highest BCUT2D eigenvalue weighted by atomic mass is 19.1. The maximum Gasteiger partial charge on any atom is 0.411 e. The molecule has 1 rings (SSSR count). The molecule has 0 radical (unpaired) electrons. The lowest BCUT2D eigenvalue weighted by molar-refractivity contribution is 0.147. The summed E-state index contributed by atoms with van der Waals surface area (Å²) < 4.78 is 17.4. The van der Waals surface area contributed by atoms with Gasteiger partial charge in [-0.05, 0) is 30.2 Å². The fraction of sp³-hybridized carbons (Fsp3) is 0.462. The minimum Gasteiger partial charge on any atom is -0.449 e. The van der Waals surface area contributed by atoms with Crippen molar-refractivity contribution in [1.82, 2.24) is 0 Å². The highest BCUT2D eigenvalue weighted by Gasteiger charge is 2.04. The quantitative estimate of drug-likeness (QED) is 0.859. The second kappa shape index (κ2) is 8.56. The molecule has 0 aliphatic carbocycles. The number of rotatable bonds is 3. The van der Waals surface area contributed by atoms with Crippen LogP contribution in [0.25, 0.3) is 0 Å². The Morgan fingerprint density at radius 1 is 1.35 bits per heavy atom. The van der Waals surface area contributed by atoms with Crippen LogP contribution in [0.3, 0.4) is 0 Å². The van der Waals surface area contributed by atoms with E-state index in [0.29, 0.717) is 18.2 Å². The number of ether oxygens (including phenoxy) is 1. The number of benzene rings is 1. The second-order valence-corrected chi connectivity index (χ2v) is 3.62. The van der Waals surface area contributed by atoms with Gasteiger partial charge in [-0.3, -0.25) is 5.32 Å². The topological polar surface area (TPSA) is 38.3 Å². The first-order chi connectivity index (χ1) is 8.08. The van der Waals surface area contributed by atoms with Gasteiger partial charge in [0.25, 0.3) is 0 Å². The lowest BCUT2D eigenvalue weighted by atomic mass is 10.2. The van der Waals surface area contributed by atoms with Crippen LogP contribution in [0.15, 0.2) is 24.3 Å². The summed E-state index contributed by atoms with van der Waals surface area (Å²) in [5, 5.41) is 2.50. The number of hydrogen-bond donors (Lipinski definition) is 1. The van der Waals surface area contributed by atoms with Gasteiger partial charge < -0.3 is 4.74 Å². The van der Waals surface area contributed by atoms with Crippen molar-refractivity contribution in [3.63, 3.8) is 0 Å². The third-order valence-corrected chi connectivity index (χ3v) is 1.64. The van der Waals surface area contributed by atoms with Crippen molar-refractivity contribution in [1.29, 1.82) is 0 Å². The van der Waals surface area contributed by atoms with Gasteiger partial charge in [0.05, 0.1) is 6.61 Å². The van der Waals surface area contributed by atoms with E-state index >= 15 is 0 Å². The van der Waals surface area contributed by atoms with Crippen molar-refractivity contribution in [2.75, 3.05) is 11.9 Å². The first kappa shape index (κ1) is 15.4. The third-order valence-electron chi connectivity index (χ3n) is 1.64. The molecule has 0 unspecified atom stereocenters. The molecule has 0 bridgehead atoms. The fourth-order valence-corrected chi connectivity index (χ4v) is 0.930. The standard InChI is InChI=1S/C11H14FNO2.C2H6.H2/c1-8(2)7-15-11(14)13-10-5-3-9(12)4-6-10;1-2;/h3-6,8H,7H2,1-2H3,(H,13,14);1-2H3;1H. The Kier molecular flexibility index (Phi) is 7.76. The molecular formula is C13H22FNO2. The van der Waals surface area contributed by atoms with E-state index in [1.54, 1.807) is 0 Å². The van der Waals surface area contributed by atoms with Gasteiger partial charge in [-0.25, -0.2) is 9.18 Å². The smallest absolute Gasteiger partial charge is 0.411 e. The van der Waals surface area contributed by atoms with Crippen molar-refractivity contribution in [2.24, 2.45) is 5.92 Å². The largest absolute Gasteiger partial charge is 0.449 e. The Morgan fingerprint density at radius 3 is 2.35 bits per heavy atom. The van der Waals surface area contributed by atoms with Crippen LogP contribution in [-0.2, 0) is 4.74 Å². The van der Waals surface area contributed by atoms with E-state index in [0.717, 1.165) is 0 Å². The van der Waals surface area contributed by atoms with Crippen LogP contribution in [0.5, 0.6) is 0 Å². The summed E-state index contributed by atoms with van der Waals surface area (Å²) in [6, 6.07) is 5.51. The maximum atomic E-state index is 12.5. The molecule has 0 atom stereocenters. The van der Waals surface area contributed by atoms with Crippen molar-refractivity contribution in [3.8, 4) is 0 Å². The molecule has 0 aliphatic heterocycles. The molecule has 0 fully saturated rings. The lowest BCUT2D eigenvalue weighted by Gasteiger charge is -2.08. The van der Waals surface area contributed by atoms with E-state index in [9.17, 15) is 9.18 Å². The van der Waals surface area contributed by atoms with Gasteiger partial charge in [-0.15, -0.1) is 0 Å². The summed E-state index contributed by atoms with van der Waals surface area (Å²) >= 11 is 0. The molecule has 3 nitrogen and oxygen atoms in total. The van der Waals surface area contributed by atoms with E-state index in [-0.39, 0.29) is 7.24 Å². The van der Waals surface area contributed by atoms with Gasteiger partial charge in [0.1, 0.15) is 5.82 Å². The van der Waals surface area contributed by atoms with Crippen molar-refractivity contribution < 1.29 is 15.3 Å². The molecule has 1 aromatic rings. The van der Waals surface area contributed by atoms with Gasteiger partial charge in [-0.2, -0.15) is 0 Å². The Bertz CT molecular complexity index is 328. The normalized spacial score (nSPS) is 9.29. The molecule has 1 amide bonds. The first-order valence-electron chi connectivity index (χ1n) is 5.77. The zero-order valence-corrected chi connectivity index (χ0v) is 10.8. The summed E-state index contributed by atoms with van der Waals surface area (Å²) in [6.07, 6.45) is -0.518. The number of carbonyl (C=O) groups is 1. The van der Waals surface area contributed by atoms with Crippen LogP contribution < -0.4 is 5.32 Å². The predicted octanol–water partition coefficient (Wildman–Crippen LogP) is 4.30. The maximum absolute atomic E-state index is 12.5. The van der Waals surface area contributed by atoms with E-state index in [1.807, 2.05) is 27.7 Å². The van der Waals surface area contributed by atoms with Crippen LogP contribution in [0.4, 0.5) is 14.9 Å². The van der Waals surface area contributed by atoms with Crippen molar-refractivity contribution in [3.05, 3.63) is 30.1 Å². The van der Waals surface area contributed by atoms with Crippen molar-refractivity contribution in [2.45, 2.75) is 27.7 Å². The molecule has 0 saturated carbocycles. The summed E-state index contributed by atoms with van der Waals surface area (Å²) in [7, 11) is 0. The van der Waals surface area contributed by atoms with Crippen molar-refractivity contribution >= 4 is 11.8 Å². The highest BCUT2D eigenvalue weighted by molar-refractivity contribution is 5.84. The molecule has 0 aromatic heterocycles. The zero-order valence-electron chi connectivity index (χ0n) is 10.8. The summed E-state index contributed by atoms with van der Waals surface area (Å²) in [5.74, 6) is -0.0416. The molecule has 98 valence electrons. The van der Waals surface area contributed by atoms with Gasteiger partial charge >= 0.3 is 6.09 Å². The number of carbonyl (C=O) groups excluding carboxylic acids is 1. The highest BCUT2D eigenvalue weighted by Crippen LogP contribution is 2.08. The minimum atomic E-state index is -0.518. The first-order valence-corrected chi connectivity index (χ1v) is 5.77. The average molecular weight is 243 g/mol. The summed E-state index contributed by atoms with van der Waals surface area (Å²) in [6.45, 7) is 8.27. The number of anilines is 1. The molecule has 17 heavy (non-hydrogen) atoms. The SMILES string of the molecule is CC.CC(C)COC(=O)Nc1ccc(F)cc1.[HH]. The van der Waals surface area contributed by atoms with Gasteiger partial charge in [-0.1, -0.05) is 27.7 Å². The number of hydrogen-bond acceptors (Lipinski definition) is 2. The average Bonchev–Trinajstić information content (AvgIpc) is 2.32. The summed E-state index contributed by atoms with van der Waals surface area (Å²) in [5.41, 5.74) is 0.519. The van der Waals surface area contributed by atoms with Crippen LogP contribution in [-0.4, -0.2) is 12.7 Å². The molecule has 4 heteroatoms. The second-order valence-electron chi connectivity index (χ2n) is 3.62. The van der Waals surface area contributed by atoms with E-state index in [4.69, 9.17) is 4.74 Å². The molecule has 0 spiro atoms. The van der Waals surface area contributed by atoms with Crippen LogP contribution in [0, 0.1) is 11.7 Å².